The smallest absolute Gasteiger partial charge is 0.149 e. The lowest BCUT2D eigenvalue weighted by atomic mass is 9.99. The van der Waals surface area contributed by atoms with Crippen molar-refractivity contribution in [1.29, 1.82) is 0 Å². The quantitative estimate of drug-likeness (QED) is 0.908. The molecular formula is C16H22F2N2. The normalized spacial score (nSPS) is 23.1. The van der Waals surface area contributed by atoms with Gasteiger partial charge < -0.3 is 10.2 Å². The minimum Gasteiger partial charge on any atom is -0.367 e. The third kappa shape index (κ3) is 3.11. The molecular weight excluding hydrogens is 258 g/mol. The molecule has 1 N–H and O–H groups in total. The fourth-order valence-corrected chi connectivity index (χ4v) is 2.96. The van der Waals surface area contributed by atoms with Gasteiger partial charge in [0.15, 0.2) is 0 Å². The van der Waals surface area contributed by atoms with Gasteiger partial charge in [-0.2, -0.15) is 0 Å². The monoisotopic (exact) mass is 280 g/mol. The Morgan fingerprint density at radius 2 is 1.90 bits per heavy atom. The van der Waals surface area contributed by atoms with Crippen molar-refractivity contribution in [3.8, 4) is 0 Å². The summed E-state index contributed by atoms with van der Waals surface area (Å²) in [6.07, 6.45) is 4.50. The Kier molecular flexibility index (Phi) is 3.92. The maximum atomic E-state index is 14.3. The minimum atomic E-state index is -0.424. The lowest BCUT2D eigenvalue weighted by Gasteiger charge is -2.33. The predicted octanol–water partition coefficient (Wildman–Crippen LogP) is 3.45. The summed E-state index contributed by atoms with van der Waals surface area (Å²) in [6.45, 7) is 4.18. The fourth-order valence-electron chi connectivity index (χ4n) is 2.96. The maximum absolute atomic E-state index is 14.3. The van der Waals surface area contributed by atoms with Gasteiger partial charge in [-0.25, -0.2) is 8.78 Å². The van der Waals surface area contributed by atoms with Crippen LogP contribution in [0.25, 0.3) is 0 Å². The third-order valence-corrected chi connectivity index (χ3v) is 4.22. The molecule has 0 spiro atoms. The first kappa shape index (κ1) is 13.8. The van der Waals surface area contributed by atoms with E-state index in [4.69, 9.17) is 0 Å². The molecule has 0 bridgehead atoms. The van der Waals surface area contributed by atoms with Crippen LogP contribution >= 0.6 is 0 Å². The second-order valence-electron chi connectivity index (χ2n) is 6.26. The molecule has 1 heterocycles. The van der Waals surface area contributed by atoms with Crippen LogP contribution in [0.2, 0.25) is 0 Å². The molecule has 1 aromatic carbocycles. The van der Waals surface area contributed by atoms with E-state index in [2.05, 4.69) is 12.2 Å². The average molecular weight is 280 g/mol. The highest BCUT2D eigenvalue weighted by molar-refractivity contribution is 5.51. The molecule has 1 aliphatic heterocycles. The van der Waals surface area contributed by atoms with Crippen LogP contribution in [0.5, 0.6) is 0 Å². The minimum absolute atomic E-state index is 0.159. The largest absolute Gasteiger partial charge is 0.367 e. The molecule has 20 heavy (non-hydrogen) atoms. The van der Waals surface area contributed by atoms with Gasteiger partial charge in [0.2, 0.25) is 0 Å². The molecule has 0 radical (unpaired) electrons. The zero-order valence-corrected chi connectivity index (χ0v) is 12.0. The molecule has 1 unspecified atom stereocenters. The summed E-state index contributed by atoms with van der Waals surface area (Å²) in [4.78, 5) is 1.86. The average Bonchev–Trinajstić information content (AvgIpc) is 3.19. The van der Waals surface area contributed by atoms with Crippen molar-refractivity contribution in [2.45, 2.75) is 45.2 Å². The number of piperidine rings is 1. The molecule has 110 valence electrons. The second kappa shape index (κ2) is 5.68. The molecule has 1 saturated carbocycles. The van der Waals surface area contributed by atoms with Gasteiger partial charge >= 0.3 is 0 Å². The first-order valence-electron chi connectivity index (χ1n) is 7.59. The van der Waals surface area contributed by atoms with E-state index in [9.17, 15) is 8.78 Å². The van der Waals surface area contributed by atoms with Crippen molar-refractivity contribution in [1.82, 2.24) is 5.32 Å². The number of halogens is 2. The van der Waals surface area contributed by atoms with Crippen LogP contribution in [0.3, 0.4) is 0 Å². The van der Waals surface area contributed by atoms with Crippen molar-refractivity contribution in [2.24, 2.45) is 5.92 Å². The SMILES string of the molecule is CC1CCCN(c2c(F)cc(CNC3CC3)cc2F)C1. The summed E-state index contributed by atoms with van der Waals surface area (Å²) in [7, 11) is 0. The molecule has 1 aliphatic carbocycles. The summed E-state index contributed by atoms with van der Waals surface area (Å²) in [5.74, 6) is -0.350. The molecule has 2 aliphatic rings. The Hall–Kier alpha value is -1.16. The molecule has 3 rings (SSSR count). The lowest BCUT2D eigenvalue weighted by Crippen LogP contribution is -2.35. The first-order chi connectivity index (χ1) is 9.63. The Bertz CT molecular complexity index is 462. The van der Waals surface area contributed by atoms with Crippen LogP contribution in [0.15, 0.2) is 12.1 Å². The van der Waals surface area contributed by atoms with E-state index in [1.165, 1.54) is 25.0 Å². The van der Waals surface area contributed by atoms with Crippen molar-refractivity contribution in [2.75, 3.05) is 18.0 Å². The molecule has 2 fully saturated rings. The molecule has 4 heteroatoms. The Morgan fingerprint density at radius 1 is 1.20 bits per heavy atom. The van der Waals surface area contributed by atoms with Crippen LogP contribution in [0.1, 0.15) is 38.2 Å². The second-order valence-corrected chi connectivity index (χ2v) is 6.26. The maximum Gasteiger partial charge on any atom is 0.149 e. The highest BCUT2D eigenvalue weighted by Crippen LogP contribution is 2.29. The summed E-state index contributed by atoms with van der Waals surface area (Å²) in [5.41, 5.74) is 0.854. The van der Waals surface area contributed by atoms with Gasteiger partial charge in [0.1, 0.15) is 17.3 Å². The summed E-state index contributed by atoms with van der Waals surface area (Å²) in [6, 6.07) is 3.50. The van der Waals surface area contributed by atoms with Crippen LogP contribution in [0.4, 0.5) is 14.5 Å². The van der Waals surface area contributed by atoms with Gasteiger partial charge in [-0.15, -0.1) is 0 Å². The van der Waals surface area contributed by atoms with E-state index in [0.29, 0.717) is 24.1 Å². The Balaban J connectivity index is 1.76. The number of hydrogen-bond donors (Lipinski definition) is 1. The molecule has 1 atom stereocenters. The fraction of sp³-hybridized carbons (Fsp3) is 0.625. The summed E-state index contributed by atoms with van der Waals surface area (Å²) >= 11 is 0. The number of rotatable bonds is 4. The van der Waals surface area contributed by atoms with E-state index < -0.39 is 11.6 Å². The van der Waals surface area contributed by atoms with E-state index in [1.54, 1.807) is 0 Å². The van der Waals surface area contributed by atoms with Crippen LogP contribution < -0.4 is 10.2 Å². The van der Waals surface area contributed by atoms with Gasteiger partial charge in [0.05, 0.1) is 0 Å². The number of nitrogens with zero attached hydrogens (tertiary/aromatic N) is 1. The Morgan fingerprint density at radius 3 is 2.50 bits per heavy atom. The predicted molar refractivity (Wildman–Crippen MR) is 76.8 cm³/mol. The van der Waals surface area contributed by atoms with E-state index in [0.717, 1.165) is 25.9 Å². The van der Waals surface area contributed by atoms with Gasteiger partial charge in [0, 0.05) is 25.7 Å². The Labute approximate surface area is 119 Å². The zero-order valence-electron chi connectivity index (χ0n) is 12.0. The standard InChI is InChI=1S/C16H22F2N2/c1-11-3-2-6-20(10-11)16-14(17)7-12(8-15(16)18)9-19-13-4-5-13/h7-8,11,13,19H,2-6,9-10H2,1H3. The number of anilines is 1. The zero-order chi connectivity index (χ0) is 14.1. The first-order valence-corrected chi connectivity index (χ1v) is 7.59. The molecule has 1 saturated heterocycles. The van der Waals surface area contributed by atoms with Crippen LogP contribution in [-0.4, -0.2) is 19.1 Å². The van der Waals surface area contributed by atoms with Crippen molar-refractivity contribution in [3.05, 3.63) is 29.3 Å². The highest BCUT2D eigenvalue weighted by Gasteiger charge is 2.24. The van der Waals surface area contributed by atoms with Crippen molar-refractivity contribution >= 4 is 5.69 Å². The summed E-state index contributed by atoms with van der Waals surface area (Å²) < 4.78 is 28.5. The van der Waals surface area contributed by atoms with Gasteiger partial charge in [-0.1, -0.05) is 6.92 Å². The summed E-state index contributed by atoms with van der Waals surface area (Å²) in [5, 5.41) is 3.29. The van der Waals surface area contributed by atoms with E-state index in [-0.39, 0.29) is 5.69 Å². The molecule has 1 aromatic rings. The molecule has 2 nitrogen and oxygen atoms in total. The lowest BCUT2D eigenvalue weighted by molar-refractivity contribution is 0.435. The van der Waals surface area contributed by atoms with Crippen LogP contribution in [-0.2, 0) is 6.54 Å². The topological polar surface area (TPSA) is 15.3 Å². The van der Waals surface area contributed by atoms with E-state index in [1.807, 2.05) is 4.90 Å². The number of hydrogen-bond acceptors (Lipinski definition) is 2. The third-order valence-electron chi connectivity index (χ3n) is 4.22. The van der Waals surface area contributed by atoms with Crippen molar-refractivity contribution in [3.63, 3.8) is 0 Å². The number of nitrogens with one attached hydrogen (secondary N) is 1. The van der Waals surface area contributed by atoms with E-state index >= 15 is 0 Å². The van der Waals surface area contributed by atoms with Crippen LogP contribution in [0, 0.1) is 17.6 Å². The van der Waals surface area contributed by atoms with Gasteiger partial charge in [0.25, 0.3) is 0 Å². The number of benzene rings is 1. The molecule has 0 aromatic heterocycles. The van der Waals surface area contributed by atoms with Gasteiger partial charge in [-0.3, -0.25) is 0 Å². The van der Waals surface area contributed by atoms with Gasteiger partial charge in [-0.05, 0) is 49.3 Å². The highest BCUT2D eigenvalue weighted by atomic mass is 19.1. The molecule has 0 amide bonds. The van der Waals surface area contributed by atoms with Crippen molar-refractivity contribution < 1.29 is 8.78 Å².